The van der Waals surface area contributed by atoms with Crippen molar-refractivity contribution in [1.29, 1.82) is 0 Å². The fraction of sp³-hybridized carbons (Fsp3) is 0.889. The molecule has 0 aromatic carbocycles. The number of hydrogen-bond donors (Lipinski definition) is 0. The second-order valence-electron chi connectivity index (χ2n) is 3.72. The van der Waals surface area contributed by atoms with Gasteiger partial charge in [0.25, 0.3) is 0 Å². The molecule has 0 aliphatic heterocycles. The number of carbonyl (C=O) groups excluding carboxylic acids is 1. The Kier molecular flexibility index (Phi) is 2.12. The van der Waals surface area contributed by atoms with E-state index in [1.807, 2.05) is 6.92 Å². The highest BCUT2D eigenvalue weighted by atomic mass is 16.1. The first-order valence-electron chi connectivity index (χ1n) is 4.11. The van der Waals surface area contributed by atoms with Gasteiger partial charge in [-0.25, -0.2) is 0 Å². The van der Waals surface area contributed by atoms with Crippen molar-refractivity contribution < 1.29 is 4.79 Å². The molecule has 1 heteroatoms. The van der Waals surface area contributed by atoms with Gasteiger partial charge in [0.05, 0.1) is 0 Å². The number of hydrogen-bond acceptors (Lipinski definition) is 1. The second kappa shape index (κ2) is 2.73. The van der Waals surface area contributed by atoms with Gasteiger partial charge in [-0.2, -0.15) is 0 Å². The topological polar surface area (TPSA) is 17.1 Å². The van der Waals surface area contributed by atoms with E-state index in [2.05, 4.69) is 6.92 Å². The van der Waals surface area contributed by atoms with E-state index in [-0.39, 0.29) is 0 Å². The smallest absolute Gasteiger partial charge is 0.132 e. The summed E-state index contributed by atoms with van der Waals surface area (Å²) >= 11 is 0. The molecule has 3 unspecified atom stereocenters. The van der Waals surface area contributed by atoms with Crippen molar-refractivity contribution in [3.05, 3.63) is 0 Å². The minimum absolute atomic E-state index is 0.301. The zero-order valence-corrected chi connectivity index (χ0v) is 7.05. The van der Waals surface area contributed by atoms with Gasteiger partial charge >= 0.3 is 0 Å². The largest absolute Gasteiger partial charge is 0.300 e. The lowest BCUT2D eigenvalue weighted by Gasteiger charge is -2.04. The van der Waals surface area contributed by atoms with E-state index in [9.17, 15) is 4.79 Å². The van der Waals surface area contributed by atoms with Crippen molar-refractivity contribution in [3.63, 3.8) is 0 Å². The Morgan fingerprint density at radius 2 is 2.20 bits per heavy atom. The van der Waals surface area contributed by atoms with E-state index in [0.29, 0.717) is 11.7 Å². The fourth-order valence-electron chi connectivity index (χ4n) is 1.35. The average molecular weight is 140 g/mol. The summed E-state index contributed by atoms with van der Waals surface area (Å²) in [5.74, 6) is 2.40. The SMILES string of the molecule is CC(=O)C(C)CC1CC1C. The van der Waals surface area contributed by atoms with E-state index in [1.54, 1.807) is 6.92 Å². The minimum Gasteiger partial charge on any atom is -0.300 e. The van der Waals surface area contributed by atoms with Crippen LogP contribution in [0.4, 0.5) is 0 Å². The van der Waals surface area contributed by atoms with Crippen molar-refractivity contribution in [3.8, 4) is 0 Å². The van der Waals surface area contributed by atoms with Crippen molar-refractivity contribution in [1.82, 2.24) is 0 Å². The van der Waals surface area contributed by atoms with E-state index >= 15 is 0 Å². The Morgan fingerprint density at radius 3 is 2.50 bits per heavy atom. The molecule has 0 heterocycles. The summed E-state index contributed by atoms with van der Waals surface area (Å²) in [7, 11) is 0. The molecule has 0 aromatic rings. The van der Waals surface area contributed by atoms with E-state index in [1.165, 1.54) is 6.42 Å². The third-order valence-electron chi connectivity index (χ3n) is 2.63. The summed E-state index contributed by atoms with van der Waals surface area (Å²) in [6, 6.07) is 0. The highest BCUT2D eigenvalue weighted by Gasteiger charge is 2.33. The van der Waals surface area contributed by atoms with Gasteiger partial charge in [-0.15, -0.1) is 0 Å². The fourth-order valence-corrected chi connectivity index (χ4v) is 1.35. The third-order valence-corrected chi connectivity index (χ3v) is 2.63. The highest BCUT2D eigenvalue weighted by Crippen LogP contribution is 2.42. The predicted molar refractivity (Wildman–Crippen MR) is 41.7 cm³/mol. The maximum absolute atomic E-state index is 10.8. The molecule has 0 amide bonds. The Hall–Kier alpha value is -0.330. The number of ketones is 1. The summed E-state index contributed by atoms with van der Waals surface area (Å²) < 4.78 is 0. The molecular weight excluding hydrogens is 124 g/mol. The molecule has 1 rings (SSSR count). The molecule has 1 saturated carbocycles. The molecule has 58 valence electrons. The van der Waals surface area contributed by atoms with Crippen molar-refractivity contribution in [2.75, 3.05) is 0 Å². The summed E-state index contributed by atoms with van der Waals surface area (Å²) in [5.41, 5.74) is 0. The zero-order chi connectivity index (χ0) is 7.72. The Bertz CT molecular complexity index is 140. The van der Waals surface area contributed by atoms with Crippen LogP contribution in [0.3, 0.4) is 0 Å². The van der Waals surface area contributed by atoms with Crippen LogP contribution in [-0.2, 0) is 4.79 Å². The quantitative estimate of drug-likeness (QED) is 0.587. The minimum atomic E-state index is 0.301. The van der Waals surface area contributed by atoms with Gasteiger partial charge in [0.15, 0.2) is 0 Å². The lowest BCUT2D eigenvalue weighted by Crippen LogP contribution is -2.06. The van der Waals surface area contributed by atoms with E-state index in [4.69, 9.17) is 0 Å². The van der Waals surface area contributed by atoms with Crippen LogP contribution in [0.1, 0.15) is 33.6 Å². The highest BCUT2D eigenvalue weighted by molar-refractivity contribution is 5.77. The van der Waals surface area contributed by atoms with Crippen LogP contribution in [-0.4, -0.2) is 5.78 Å². The number of Topliss-reactive ketones (excluding diaryl/α,β-unsaturated/α-hetero) is 1. The zero-order valence-electron chi connectivity index (χ0n) is 7.05. The predicted octanol–water partition coefficient (Wildman–Crippen LogP) is 2.26. The monoisotopic (exact) mass is 140 g/mol. The van der Waals surface area contributed by atoms with Gasteiger partial charge in [-0.1, -0.05) is 13.8 Å². The number of rotatable bonds is 3. The van der Waals surface area contributed by atoms with Crippen LogP contribution in [0.2, 0.25) is 0 Å². The van der Waals surface area contributed by atoms with Crippen molar-refractivity contribution >= 4 is 5.78 Å². The Morgan fingerprint density at radius 1 is 1.70 bits per heavy atom. The normalized spacial score (nSPS) is 33.5. The lowest BCUT2D eigenvalue weighted by atomic mass is 10.00. The molecule has 1 aliphatic rings. The molecule has 0 aromatic heterocycles. The molecule has 1 nitrogen and oxygen atoms in total. The van der Waals surface area contributed by atoms with Crippen molar-refractivity contribution in [2.24, 2.45) is 17.8 Å². The van der Waals surface area contributed by atoms with E-state index < -0.39 is 0 Å². The Labute approximate surface area is 62.8 Å². The standard InChI is InChI=1S/C9H16O/c1-6(8(3)10)4-9-5-7(9)2/h6-7,9H,4-5H2,1-3H3. The van der Waals surface area contributed by atoms with Crippen LogP contribution in [0.25, 0.3) is 0 Å². The van der Waals surface area contributed by atoms with Crippen LogP contribution in [0.15, 0.2) is 0 Å². The molecule has 10 heavy (non-hydrogen) atoms. The molecule has 1 aliphatic carbocycles. The molecular formula is C9H16O. The summed E-state index contributed by atoms with van der Waals surface area (Å²) in [6.45, 7) is 5.99. The molecule has 0 radical (unpaired) electrons. The summed E-state index contributed by atoms with van der Waals surface area (Å²) in [5, 5.41) is 0. The van der Waals surface area contributed by atoms with Crippen LogP contribution >= 0.6 is 0 Å². The first-order valence-corrected chi connectivity index (χ1v) is 4.11. The van der Waals surface area contributed by atoms with Gasteiger partial charge < -0.3 is 0 Å². The lowest BCUT2D eigenvalue weighted by molar-refractivity contribution is -0.120. The number of carbonyl (C=O) groups is 1. The molecule has 3 atom stereocenters. The van der Waals surface area contributed by atoms with Gasteiger partial charge in [0.1, 0.15) is 5.78 Å². The van der Waals surface area contributed by atoms with Crippen LogP contribution < -0.4 is 0 Å². The molecule has 0 saturated heterocycles. The molecule has 0 bridgehead atoms. The third kappa shape index (κ3) is 1.83. The van der Waals surface area contributed by atoms with Crippen LogP contribution in [0, 0.1) is 17.8 Å². The average Bonchev–Trinajstić information content (AvgIpc) is 2.46. The molecule has 0 spiro atoms. The first-order chi connectivity index (χ1) is 4.61. The molecule has 0 N–H and O–H groups in total. The maximum Gasteiger partial charge on any atom is 0.132 e. The molecule has 1 fully saturated rings. The van der Waals surface area contributed by atoms with Crippen LogP contribution in [0.5, 0.6) is 0 Å². The maximum atomic E-state index is 10.8. The summed E-state index contributed by atoms with van der Waals surface area (Å²) in [4.78, 5) is 10.8. The van der Waals surface area contributed by atoms with Gasteiger partial charge in [0, 0.05) is 5.92 Å². The van der Waals surface area contributed by atoms with Gasteiger partial charge in [-0.05, 0) is 31.6 Å². The Balaban J connectivity index is 2.19. The second-order valence-corrected chi connectivity index (χ2v) is 3.72. The van der Waals surface area contributed by atoms with Crippen molar-refractivity contribution in [2.45, 2.75) is 33.6 Å². The summed E-state index contributed by atoms with van der Waals surface area (Å²) in [6.07, 6.45) is 2.47. The van der Waals surface area contributed by atoms with Gasteiger partial charge in [-0.3, -0.25) is 4.79 Å². The van der Waals surface area contributed by atoms with Gasteiger partial charge in [0.2, 0.25) is 0 Å². The van der Waals surface area contributed by atoms with E-state index in [0.717, 1.165) is 18.3 Å². The first kappa shape index (κ1) is 7.77.